The van der Waals surface area contributed by atoms with E-state index in [-0.39, 0.29) is 5.60 Å². The van der Waals surface area contributed by atoms with Crippen LogP contribution < -0.4 is 0 Å². The van der Waals surface area contributed by atoms with Gasteiger partial charge in [0.25, 0.3) is 0 Å². The predicted octanol–water partition coefficient (Wildman–Crippen LogP) is 3.24. The Morgan fingerprint density at radius 1 is 1.14 bits per heavy atom. The zero-order valence-corrected chi connectivity index (χ0v) is 8.78. The van der Waals surface area contributed by atoms with E-state index in [1.54, 1.807) is 7.11 Å². The molecule has 0 amide bonds. The Balaban J connectivity index is 2.18. The van der Waals surface area contributed by atoms with Gasteiger partial charge in [-0.15, -0.1) is 0 Å². The third kappa shape index (κ3) is 1.98. The Kier molecular flexibility index (Phi) is 2.87. The maximum Gasteiger partial charge on any atom is 0.104 e. The summed E-state index contributed by atoms with van der Waals surface area (Å²) in [6.45, 7) is 0. The topological polar surface area (TPSA) is 9.23 Å². The Morgan fingerprint density at radius 3 is 2.57 bits per heavy atom. The molecule has 0 aromatic rings. The molecule has 76 valence electrons. The summed E-state index contributed by atoms with van der Waals surface area (Å²) in [6.07, 6.45) is 18.2. The average Bonchev–Trinajstić information content (AvgIpc) is 2.27. The Morgan fingerprint density at radius 2 is 1.86 bits per heavy atom. The van der Waals surface area contributed by atoms with Crippen molar-refractivity contribution in [3.05, 3.63) is 36.5 Å². The lowest BCUT2D eigenvalue weighted by atomic mass is 9.86. The van der Waals surface area contributed by atoms with Gasteiger partial charge in [0, 0.05) is 7.11 Å². The van der Waals surface area contributed by atoms with Gasteiger partial charge in [-0.25, -0.2) is 0 Å². The van der Waals surface area contributed by atoms with Crippen molar-refractivity contribution in [3.8, 4) is 0 Å². The monoisotopic (exact) mass is 190 g/mol. The van der Waals surface area contributed by atoms with Crippen molar-refractivity contribution in [1.82, 2.24) is 0 Å². The maximum absolute atomic E-state index is 5.59. The summed E-state index contributed by atoms with van der Waals surface area (Å²) in [4.78, 5) is 0. The zero-order valence-electron chi connectivity index (χ0n) is 8.78. The van der Waals surface area contributed by atoms with Crippen LogP contribution in [0.1, 0.15) is 25.7 Å². The molecule has 0 radical (unpaired) electrons. The minimum absolute atomic E-state index is 0.127. The van der Waals surface area contributed by atoms with Crippen LogP contribution in [0, 0.1) is 5.92 Å². The molecule has 0 fully saturated rings. The summed E-state index contributed by atoms with van der Waals surface area (Å²) in [5.41, 5.74) is -0.127. The molecule has 3 rings (SSSR count). The molecule has 0 aromatic carbocycles. The van der Waals surface area contributed by atoms with Gasteiger partial charge < -0.3 is 4.74 Å². The molecule has 2 bridgehead atoms. The van der Waals surface area contributed by atoms with Gasteiger partial charge in [-0.1, -0.05) is 36.5 Å². The minimum atomic E-state index is -0.127. The van der Waals surface area contributed by atoms with Crippen LogP contribution in [0.15, 0.2) is 36.5 Å². The molecule has 0 aliphatic heterocycles. The molecule has 0 unspecified atom stereocenters. The van der Waals surface area contributed by atoms with Crippen molar-refractivity contribution < 1.29 is 4.74 Å². The summed E-state index contributed by atoms with van der Waals surface area (Å²) in [5.74, 6) is 0.612. The number of hydrogen-bond donors (Lipinski definition) is 0. The van der Waals surface area contributed by atoms with Crippen LogP contribution in [-0.2, 0) is 4.74 Å². The quantitative estimate of drug-likeness (QED) is 0.577. The first-order valence-corrected chi connectivity index (χ1v) is 5.43. The van der Waals surface area contributed by atoms with Crippen molar-refractivity contribution in [3.63, 3.8) is 0 Å². The third-order valence-corrected chi connectivity index (χ3v) is 3.17. The lowest BCUT2D eigenvalue weighted by Gasteiger charge is -2.30. The van der Waals surface area contributed by atoms with Gasteiger partial charge in [-0.05, 0) is 31.6 Å². The molecule has 0 spiro atoms. The van der Waals surface area contributed by atoms with Crippen LogP contribution in [0.3, 0.4) is 0 Å². The molecule has 14 heavy (non-hydrogen) atoms. The van der Waals surface area contributed by atoms with E-state index in [0.29, 0.717) is 5.92 Å². The second-order valence-corrected chi connectivity index (χ2v) is 4.13. The molecular weight excluding hydrogens is 172 g/mol. The second-order valence-electron chi connectivity index (χ2n) is 4.13. The number of ether oxygens (including phenoxy) is 1. The van der Waals surface area contributed by atoms with E-state index >= 15 is 0 Å². The van der Waals surface area contributed by atoms with Gasteiger partial charge in [-0.3, -0.25) is 0 Å². The van der Waals surface area contributed by atoms with E-state index in [2.05, 4.69) is 36.5 Å². The van der Waals surface area contributed by atoms with Crippen LogP contribution in [0.2, 0.25) is 0 Å². The smallest absolute Gasteiger partial charge is 0.104 e. The molecule has 0 saturated carbocycles. The second kappa shape index (κ2) is 4.14. The van der Waals surface area contributed by atoms with E-state index in [1.807, 2.05) is 0 Å². The minimum Gasteiger partial charge on any atom is -0.370 e. The number of methoxy groups -OCH3 is 1. The van der Waals surface area contributed by atoms with Crippen LogP contribution in [-0.4, -0.2) is 12.7 Å². The largest absolute Gasteiger partial charge is 0.370 e. The van der Waals surface area contributed by atoms with E-state index < -0.39 is 0 Å². The van der Waals surface area contributed by atoms with Gasteiger partial charge in [-0.2, -0.15) is 0 Å². The van der Waals surface area contributed by atoms with E-state index in [0.717, 1.165) is 12.8 Å². The van der Waals surface area contributed by atoms with Gasteiger partial charge in [0.15, 0.2) is 0 Å². The Hall–Kier alpha value is -0.820. The fourth-order valence-electron chi connectivity index (χ4n) is 2.12. The van der Waals surface area contributed by atoms with E-state index in [4.69, 9.17) is 4.74 Å². The first-order valence-electron chi connectivity index (χ1n) is 5.43. The Bertz CT molecular complexity index is 259. The molecule has 3 aliphatic carbocycles. The zero-order chi connectivity index (χ0) is 9.86. The average molecular weight is 190 g/mol. The first-order chi connectivity index (χ1) is 6.85. The van der Waals surface area contributed by atoms with Crippen molar-refractivity contribution in [1.29, 1.82) is 0 Å². The van der Waals surface area contributed by atoms with Gasteiger partial charge >= 0.3 is 0 Å². The number of hydrogen-bond acceptors (Lipinski definition) is 1. The SMILES string of the molecule is COC12C=CC(C=C1)CCC=CCC2. The predicted molar refractivity (Wildman–Crippen MR) is 59.1 cm³/mol. The molecule has 1 heteroatoms. The highest BCUT2D eigenvalue weighted by Crippen LogP contribution is 2.29. The third-order valence-electron chi connectivity index (χ3n) is 3.17. The van der Waals surface area contributed by atoms with Crippen LogP contribution in [0.25, 0.3) is 0 Å². The number of rotatable bonds is 1. The fraction of sp³-hybridized carbons (Fsp3) is 0.538. The van der Waals surface area contributed by atoms with E-state index in [1.165, 1.54) is 12.8 Å². The highest BCUT2D eigenvalue weighted by molar-refractivity contribution is 5.24. The van der Waals surface area contributed by atoms with Crippen molar-refractivity contribution in [2.24, 2.45) is 5.92 Å². The summed E-state index contributed by atoms with van der Waals surface area (Å²) < 4.78 is 5.59. The summed E-state index contributed by atoms with van der Waals surface area (Å²) in [7, 11) is 1.80. The lowest BCUT2D eigenvalue weighted by Crippen LogP contribution is -2.28. The van der Waals surface area contributed by atoms with Crippen LogP contribution >= 0.6 is 0 Å². The lowest BCUT2D eigenvalue weighted by molar-refractivity contribution is 0.0651. The summed E-state index contributed by atoms with van der Waals surface area (Å²) in [6, 6.07) is 0. The number of fused-ring (bicyclic) bond motifs is 4. The molecule has 1 nitrogen and oxygen atoms in total. The molecular formula is C13H18O. The van der Waals surface area contributed by atoms with Gasteiger partial charge in [0.2, 0.25) is 0 Å². The highest BCUT2D eigenvalue weighted by atomic mass is 16.5. The fourth-order valence-corrected chi connectivity index (χ4v) is 2.12. The molecule has 0 heterocycles. The molecule has 0 saturated heterocycles. The van der Waals surface area contributed by atoms with Crippen LogP contribution in [0.5, 0.6) is 0 Å². The first kappa shape index (κ1) is 9.72. The Labute approximate surface area is 86.2 Å². The van der Waals surface area contributed by atoms with Gasteiger partial charge in [0.05, 0.1) is 0 Å². The molecule has 0 N–H and O–H groups in total. The standard InChI is InChI=1S/C13H18O/c1-14-13-9-5-3-2-4-6-12(7-10-13)8-11-13/h2-3,7-8,10-12H,4-6,9H2,1H3. The van der Waals surface area contributed by atoms with E-state index in [9.17, 15) is 0 Å². The number of allylic oxidation sites excluding steroid dienone is 4. The summed E-state index contributed by atoms with van der Waals surface area (Å²) >= 11 is 0. The molecule has 0 aromatic heterocycles. The van der Waals surface area contributed by atoms with Crippen molar-refractivity contribution in [2.75, 3.05) is 7.11 Å². The van der Waals surface area contributed by atoms with Crippen molar-refractivity contribution in [2.45, 2.75) is 31.3 Å². The highest BCUT2D eigenvalue weighted by Gasteiger charge is 2.25. The molecule has 0 atom stereocenters. The summed E-state index contributed by atoms with van der Waals surface area (Å²) in [5, 5.41) is 0. The normalized spacial score (nSPS) is 36.2. The van der Waals surface area contributed by atoms with Crippen LogP contribution in [0.4, 0.5) is 0 Å². The maximum atomic E-state index is 5.59. The van der Waals surface area contributed by atoms with Crippen molar-refractivity contribution >= 4 is 0 Å². The molecule has 3 aliphatic rings. The van der Waals surface area contributed by atoms with Gasteiger partial charge in [0.1, 0.15) is 5.60 Å².